The summed E-state index contributed by atoms with van der Waals surface area (Å²) >= 11 is 5.32. The second-order valence-corrected chi connectivity index (χ2v) is 3.13. The minimum absolute atomic E-state index is 0.423. The fraction of sp³-hybridized carbons (Fsp3) is 0.222. The Labute approximate surface area is 87.9 Å². The van der Waals surface area contributed by atoms with Gasteiger partial charge in [0.25, 0.3) is 0 Å². The Morgan fingerprint density at radius 1 is 1.33 bits per heavy atom. The summed E-state index contributed by atoms with van der Waals surface area (Å²) in [5.41, 5.74) is -1.87. The van der Waals surface area contributed by atoms with Crippen molar-refractivity contribution in [3.05, 3.63) is 34.1 Å². The zero-order valence-electron chi connectivity index (χ0n) is 7.20. The van der Waals surface area contributed by atoms with Crippen molar-refractivity contribution in [2.75, 3.05) is 0 Å². The van der Waals surface area contributed by atoms with Gasteiger partial charge in [0.2, 0.25) is 0 Å². The van der Waals surface area contributed by atoms with Crippen LogP contribution in [-0.2, 0) is 12.6 Å². The first-order valence-electron chi connectivity index (χ1n) is 3.79. The Balaban J connectivity index is 3.41. The Morgan fingerprint density at radius 3 is 2.40 bits per heavy atom. The van der Waals surface area contributed by atoms with Crippen LogP contribution < -0.4 is 0 Å². The largest absolute Gasteiger partial charge is 0.416 e. The molecule has 0 heterocycles. The molecule has 1 aromatic carbocycles. The molecule has 1 aromatic rings. The van der Waals surface area contributed by atoms with Crippen molar-refractivity contribution >= 4 is 11.6 Å². The van der Waals surface area contributed by atoms with Gasteiger partial charge in [-0.3, -0.25) is 0 Å². The van der Waals surface area contributed by atoms with Crippen molar-refractivity contribution in [2.24, 2.45) is 0 Å². The quantitative estimate of drug-likeness (QED) is 0.685. The molecule has 0 amide bonds. The van der Waals surface area contributed by atoms with Crippen molar-refractivity contribution in [3.63, 3.8) is 0 Å². The molecule has 0 saturated heterocycles. The maximum atomic E-state index is 13.2. The lowest BCUT2D eigenvalue weighted by atomic mass is 10.0. The van der Waals surface area contributed by atoms with Gasteiger partial charge in [0.05, 0.1) is 23.1 Å². The van der Waals surface area contributed by atoms with Crippen LogP contribution in [0.5, 0.6) is 0 Å². The molecule has 15 heavy (non-hydrogen) atoms. The molecule has 0 aliphatic heterocycles. The Hall–Kier alpha value is -1.28. The van der Waals surface area contributed by atoms with Crippen LogP contribution in [0.2, 0.25) is 5.02 Å². The maximum Gasteiger partial charge on any atom is 0.416 e. The standard InChI is InChI=1S/C9H4ClF4N/c10-7-2-1-6(9(12,13)14)5(3-4-15)8(7)11/h1-2H,3H2. The number of halogens is 5. The van der Waals surface area contributed by atoms with Crippen LogP contribution in [0.3, 0.4) is 0 Å². The summed E-state index contributed by atoms with van der Waals surface area (Å²) in [6.07, 6.45) is -5.35. The fourth-order valence-corrected chi connectivity index (χ4v) is 1.29. The third-order valence-electron chi connectivity index (χ3n) is 1.76. The molecule has 0 saturated carbocycles. The monoisotopic (exact) mass is 237 g/mol. The van der Waals surface area contributed by atoms with Gasteiger partial charge in [-0.2, -0.15) is 18.4 Å². The molecule has 0 atom stereocenters. The average Bonchev–Trinajstić information content (AvgIpc) is 2.11. The lowest BCUT2D eigenvalue weighted by Crippen LogP contribution is -2.10. The molecule has 1 nitrogen and oxygen atoms in total. The predicted molar refractivity (Wildman–Crippen MR) is 45.7 cm³/mol. The van der Waals surface area contributed by atoms with Gasteiger partial charge >= 0.3 is 6.18 Å². The van der Waals surface area contributed by atoms with E-state index < -0.39 is 34.6 Å². The smallest absolute Gasteiger partial charge is 0.205 e. The van der Waals surface area contributed by atoms with Crippen molar-refractivity contribution in [2.45, 2.75) is 12.6 Å². The van der Waals surface area contributed by atoms with Gasteiger partial charge in [-0.25, -0.2) is 4.39 Å². The van der Waals surface area contributed by atoms with Crippen molar-refractivity contribution < 1.29 is 17.6 Å². The van der Waals surface area contributed by atoms with Crippen molar-refractivity contribution in [1.29, 1.82) is 5.26 Å². The summed E-state index contributed by atoms with van der Waals surface area (Å²) in [6.45, 7) is 0. The van der Waals surface area contributed by atoms with Gasteiger partial charge in [-0.05, 0) is 12.1 Å². The molecular weight excluding hydrogens is 234 g/mol. The van der Waals surface area contributed by atoms with Crippen LogP contribution in [0.25, 0.3) is 0 Å². The summed E-state index contributed by atoms with van der Waals surface area (Å²) in [5.74, 6) is -1.19. The Bertz CT molecular complexity index is 419. The lowest BCUT2D eigenvalue weighted by molar-refractivity contribution is -0.138. The number of nitrogens with zero attached hydrogens (tertiary/aromatic N) is 1. The predicted octanol–water partition coefficient (Wildman–Crippen LogP) is 3.56. The van der Waals surface area contributed by atoms with E-state index in [1.807, 2.05) is 0 Å². The van der Waals surface area contributed by atoms with Crippen LogP contribution in [-0.4, -0.2) is 0 Å². The SMILES string of the molecule is N#CCc1c(C(F)(F)F)ccc(Cl)c1F. The van der Waals surface area contributed by atoms with E-state index >= 15 is 0 Å². The van der Waals surface area contributed by atoms with Crippen LogP contribution in [0.1, 0.15) is 11.1 Å². The van der Waals surface area contributed by atoms with Gasteiger partial charge in [0, 0.05) is 5.56 Å². The van der Waals surface area contributed by atoms with Crippen LogP contribution in [0.15, 0.2) is 12.1 Å². The molecule has 0 unspecified atom stereocenters. The third-order valence-corrected chi connectivity index (χ3v) is 2.05. The molecule has 0 bridgehead atoms. The highest BCUT2D eigenvalue weighted by atomic mass is 35.5. The van der Waals surface area contributed by atoms with Gasteiger partial charge < -0.3 is 0 Å². The normalized spacial score (nSPS) is 11.2. The average molecular weight is 238 g/mol. The molecule has 0 aromatic heterocycles. The molecule has 0 N–H and O–H groups in total. The molecule has 0 spiro atoms. The fourth-order valence-electron chi connectivity index (χ4n) is 1.11. The highest BCUT2D eigenvalue weighted by Gasteiger charge is 2.34. The molecule has 0 radical (unpaired) electrons. The molecular formula is C9H4ClF4N. The van der Waals surface area contributed by atoms with E-state index in [0.29, 0.717) is 6.07 Å². The number of benzene rings is 1. The third kappa shape index (κ3) is 2.39. The van der Waals surface area contributed by atoms with Crippen LogP contribution in [0, 0.1) is 17.1 Å². The molecule has 80 valence electrons. The molecule has 0 aliphatic rings. The molecule has 0 aliphatic carbocycles. The number of rotatable bonds is 1. The van der Waals surface area contributed by atoms with E-state index in [2.05, 4.69) is 0 Å². The lowest BCUT2D eigenvalue weighted by Gasteiger charge is -2.12. The molecule has 0 fully saturated rings. The summed E-state index contributed by atoms with van der Waals surface area (Å²) in [5, 5.41) is 7.88. The van der Waals surface area contributed by atoms with Crippen LogP contribution in [0.4, 0.5) is 17.6 Å². The number of hydrogen-bond donors (Lipinski definition) is 0. The molecule has 6 heteroatoms. The summed E-state index contributed by atoms with van der Waals surface area (Å²) < 4.78 is 50.3. The Kier molecular flexibility index (Phi) is 3.20. The van der Waals surface area contributed by atoms with E-state index in [-0.39, 0.29) is 0 Å². The Morgan fingerprint density at radius 2 is 1.93 bits per heavy atom. The second-order valence-electron chi connectivity index (χ2n) is 2.72. The van der Waals surface area contributed by atoms with Gasteiger partial charge in [0.1, 0.15) is 5.82 Å². The van der Waals surface area contributed by atoms with Crippen molar-refractivity contribution in [1.82, 2.24) is 0 Å². The van der Waals surface area contributed by atoms with E-state index in [9.17, 15) is 17.6 Å². The topological polar surface area (TPSA) is 23.8 Å². The number of hydrogen-bond acceptors (Lipinski definition) is 1. The van der Waals surface area contributed by atoms with Gasteiger partial charge in [-0.15, -0.1) is 0 Å². The van der Waals surface area contributed by atoms with Gasteiger partial charge in [-0.1, -0.05) is 11.6 Å². The highest BCUT2D eigenvalue weighted by molar-refractivity contribution is 6.30. The minimum Gasteiger partial charge on any atom is -0.205 e. The van der Waals surface area contributed by atoms with Gasteiger partial charge in [0.15, 0.2) is 0 Å². The number of alkyl halides is 3. The van der Waals surface area contributed by atoms with E-state index in [1.54, 1.807) is 0 Å². The highest BCUT2D eigenvalue weighted by Crippen LogP contribution is 2.35. The first-order chi connectivity index (χ1) is 6.88. The van der Waals surface area contributed by atoms with Crippen LogP contribution >= 0.6 is 11.6 Å². The van der Waals surface area contributed by atoms with E-state index in [0.717, 1.165) is 6.07 Å². The van der Waals surface area contributed by atoms with Crippen molar-refractivity contribution in [3.8, 4) is 6.07 Å². The molecule has 1 rings (SSSR count). The zero-order chi connectivity index (χ0) is 11.6. The zero-order valence-corrected chi connectivity index (χ0v) is 7.95. The maximum absolute atomic E-state index is 13.2. The summed E-state index contributed by atoms with van der Waals surface area (Å²) in [6, 6.07) is 2.95. The summed E-state index contributed by atoms with van der Waals surface area (Å²) in [7, 11) is 0. The summed E-state index contributed by atoms with van der Waals surface area (Å²) in [4.78, 5) is 0. The number of nitriles is 1. The van der Waals surface area contributed by atoms with E-state index in [4.69, 9.17) is 16.9 Å². The second kappa shape index (κ2) is 4.07. The first kappa shape index (κ1) is 11.8. The van der Waals surface area contributed by atoms with E-state index in [1.165, 1.54) is 6.07 Å². The first-order valence-corrected chi connectivity index (χ1v) is 4.16. The minimum atomic E-state index is -4.68.